The molecule has 19 heavy (non-hydrogen) atoms. The van der Waals surface area contributed by atoms with Gasteiger partial charge in [0.05, 0.1) is 13.2 Å². The Morgan fingerprint density at radius 2 is 2.05 bits per heavy atom. The molecule has 0 radical (unpaired) electrons. The molecule has 0 aliphatic carbocycles. The standard InChI is InChI=1S/C16H22N2O/c1-13-4-5-16-14(11-13)12-15(17-16)3-2-6-18-7-9-19-10-8-18/h4-5,11-12,17H,2-3,6-10H2,1H3. The van der Waals surface area contributed by atoms with Gasteiger partial charge in [-0.25, -0.2) is 0 Å². The number of hydrogen-bond donors (Lipinski definition) is 1. The number of nitrogens with one attached hydrogen (secondary N) is 1. The minimum absolute atomic E-state index is 0.895. The molecular weight excluding hydrogens is 236 g/mol. The molecule has 2 heterocycles. The smallest absolute Gasteiger partial charge is 0.0594 e. The van der Waals surface area contributed by atoms with Crippen LogP contribution in [0.2, 0.25) is 0 Å². The zero-order chi connectivity index (χ0) is 13.1. The lowest BCUT2D eigenvalue weighted by Gasteiger charge is -2.26. The summed E-state index contributed by atoms with van der Waals surface area (Å²) in [5.74, 6) is 0. The number of morpholine rings is 1. The predicted octanol–water partition coefficient (Wildman–Crippen LogP) is 2.74. The van der Waals surface area contributed by atoms with Crippen molar-refractivity contribution in [2.24, 2.45) is 0 Å². The maximum absolute atomic E-state index is 5.37. The monoisotopic (exact) mass is 258 g/mol. The Morgan fingerprint density at radius 1 is 1.21 bits per heavy atom. The van der Waals surface area contributed by atoms with Gasteiger partial charge < -0.3 is 9.72 Å². The van der Waals surface area contributed by atoms with Gasteiger partial charge in [0.2, 0.25) is 0 Å². The van der Waals surface area contributed by atoms with E-state index in [9.17, 15) is 0 Å². The van der Waals surface area contributed by atoms with Gasteiger partial charge in [-0.1, -0.05) is 11.6 Å². The summed E-state index contributed by atoms with van der Waals surface area (Å²) in [5.41, 5.74) is 3.94. The maximum atomic E-state index is 5.37. The van der Waals surface area contributed by atoms with E-state index >= 15 is 0 Å². The Labute approximate surface area is 114 Å². The third-order valence-corrected chi connectivity index (χ3v) is 3.86. The van der Waals surface area contributed by atoms with E-state index in [0.29, 0.717) is 0 Å². The number of hydrogen-bond acceptors (Lipinski definition) is 2. The SMILES string of the molecule is Cc1ccc2[nH]c(CCCN3CCOCC3)cc2c1. The van der Waals surface area contributed by atoms with Crippen molar-refractivity contribution in [2.45, 2.75) is 19.8 Å². The van der Waals surface area contributed by atoms with Gasteiger partial charge in [0.25, 0.3) is 0 Å². The van der Waals surface area contributed by atoms with Gasteiger partial charge >= 0.3 is 0 Å². The fraction of sp³-hybridized carbons (Fsp3) is 0.500. The summed E-state index contributed by atoms with van der Waals surface area (Å²) in [5, 5.41) is 1.33. The Morgan fingerprint density at radius 3 is 2.89 bits per heavy atom. The first kappa shape index (κ1) is 12.7. The van der Waals surface area contributed by atoms with E-state index in [1.807, 2.05) is 0 Å². The molecule has 102 valence electrons. The molecule has 1 fully saturated rings. The highest BCUT2D eigenvalue weighted by Gasteiger charge is 2.09. The second kappa shape index (κ2) is 5.76. The maximum Gasteiger partial charge on any atom is 0.0594 e. The number of H-pyrrole nitrogens is 1. The number of aryl methyl sites for hydroxylation is 2. The van der Waals surface area contributed by atoms with Gasteiger partial charge in [-0.05, 0) is 49.9 Å². The molecule has 1 aromatic carbocycles. The van der Waals surface area contributed by atoms with Gasteiger partial charge in [-0.3, -0.25) is 4.90 Å². The van der Waals surface area contributed by atoms with Crippen LogP contribution in [-0.2, 0) is 11.2 Å². The van der Waals surface area contributed by atoms with Crippen LogP contribution in [0.3, 0.4) is 0 Å². The molecule has 3 rings (SSSR count). The molecule has 0 bridgehead atoms. The van der Waals surface area contributed by atoms with Crippen molar-refractivity contribution in [1.29, 1.82) is 0 Å². The summed E-state index contributed by atoms with van der Waals surface area (Å²) in [4.78, 5) is 6.01. The van der Waals surface area contributed by atoms with Gasteiger partial charge in [-0.2, -0.15) is 0 Å². The third-order valence-electron chi connectivity index (χ3n) is 3.86. The van der Waals surface area contributed by atoms with Gasteiger partial charge in [-0.15, -0.1) is 0 Å². The minimum atomic E-state index is 0.895. The Bertz CT molecular complexity index is 541. The zero-order valence-electron chi connectivity index (χ0n) is 11.6. The fourth-order valence-corrected chi connectivity index (χ4v) is 2.76. The molecular formula is C16H22N2O. The van der Waals surface area contributed by atoms with Crippen LogP contribution >= 0.6 is 0 Å². The van der Waals surface area contributed by atoms with E-state index < -0.39 is 0 Å². The summed E-state index contributed by atoms with van der Waals surface area (Å²) >= 11 is 0. The van der Waals surface area contributed by atoms with E-state index in [4.69, 9.17) is 4.74 Å². The van der Waals surface area contributed by atoms with Crippen LogP contribution in [-0.4, -0.2) is 42.7 Å². The number of ether oxygens (including phenoxy) is 1. The summed E-state index contributed by atoms with van der Waals surface area (Å²) in [7, 11) is 0. The van der Waals surface area contributed by atoms with Crippen LogP contribution in [0.4, 0.5) is 0 Å². The van der Waals surface area contributed by atoms with E-state index in [1.165, 1.54) is 35.1 Å². The molecule has 1 N–H and O–H groups in total. The predicted molar refractivity (Wildman–Crippen MR) is 78.6 cm³/mol. The van der Waals surface area contributed by atoms with Crippen LogP contribution in [0.25, 0.3) is 10.9 Å². The van der Waals surface area contributed by atoms with Crippen LogP contribution in [0.15, 0.2) is 24.3 Å². The van der Waals surface area contributed by atoms with Crippen LogP contribution < -0.4 is 0 Å². The molecule has 2 aromatic rings. The number of fused-ring (bicyclic) bond motifs is 1. The minimum Gasteiger partial charge on any atom is -0.379 e. The van der Waals surface area contributed by atoms with Crippen LogP contribution in [0.1, 0.15) is 17.7 Å². The Balaban J connectivity index is 1.56. The lowest BCUT2D eigenvalue weighted by molar-refractivity contribution is 0.0374. The largest absolute Gasteiger partial charge is 0.379 e. The molecule has 1 aliphatic rings. The Hall–Kier alpha value is -1.32. The van der Waals surface area contributed by atoms with Crippen molar-refractivity contribution in [2.75, 3.05) is 32.8 Å². The van der Waals surface area contributed by atoms with Crippen molar-refractivity contribution in [3.8, 4) is 0 Å². The van der Waals surface area contributed by atoms with E-state index in [0.717, 1.165) is 32.7 Å². The first-order valence-electron chi connectivity index (χ1n) is 7.19. The average Bonchev–Trinajstić information content (AvgIpc) is 2.82. The molecule has 1 aliphatic heterocycles. The highest BCUT2D eigenvalue weighted by molar-refractivity contribution is 5.81. The van der Waals surface area contributed by atoms with Gasteiger partial charge in [0, 0.05) is 24.3 Å². The zero-order valence-corrected chi connectivity index (χ0v) is 11.6. The van der Waals surface area contributed by atoms with Crippen LogP contribution in [0, 0.1) is 6.92 Å². The highest BCUT2D eigenvalue weighted by atomic mass is 16.5. The van der Waals surface area contributed by atoms with Crippen molar-refractivity contribution in [3.63, 3.8) is 0 Å². The third kappa shape index (κ3) is 3.17. The second-order valence-corrected chi connectivity index (χ2v) is 5.44. The molecule has 3 nitrogen and oxygen atoms in total. The summed E-state index contributed by atoms with van der Waals surface area (Å²) < 4.78 is 5.37. The number of aromatic amines is 1. The van der Waals surface area contributed by atoms with E-state index in [2.05, 4.69) is 41.1 Å². The number of nitrogens with zero attached hydrogens (tertiary/aromatic N) is 1. The molecule has 0 unspecified atom stereocenters. The quantitative estimate of drug-likeness (QED) is 0.913. The molecule has 1 saturated heterocycles. The molecule has 1 aromatic heterocycles. The number of benzene rings is 1. The van der Waals surface area contributed by atoms with Crippen LogP contribution in [0.5, 0.6) is 0 Å². The van der Waals surface area contributed by atoms with Crippen molar-refractivity contribution in [1.82, 2.24) is 9.88 Å². The molecule has 0 saturated carbocycles. The van der Waals surface area contributed by atoms with E-state index in [1.54, 1.807) is 0 Å². The average molecular weight is 258 g/mol. The summed E-state index contributed by atoms with van der Waals surface area (Å²) in [6.45, 7) is 7.29. The lowest BCUT2D eigenvalue weighted by Crippen LogP contribution is -2.36. The van der Waals surface area contributed by atoms with Crippen molar-refractivity contribution < 1.29 is 4.74 Å². The molecule has 0 atom stereocenters. The van der Waals surface area contributed by atoms with Crippen molar-refractivity contribution >= 4 is 10.9 Å². The van der Waals surface area contributed by atoms with Gasteiger partial charge in [0.1, 0.15) is 0 Å². The lowest BCUT2D eigenvalue weighted by atomic mass is 10.1. The molecule has 0 amide bonds. The summed E-state index contributed by atoms with van der Waals surface area (Å²) in [6, 6.07) is 8.88. The van der Waals surface area contributed by atoms with E-state index in [-0.39, 0.29) is 0 Å². The molecule has 3 heteroatoms. The first-order valence-corrected chi connectivity index (χ1v) is 7.19. The number of aromatic nitrogens is 1. The van der Waals surface area contributed by atoms with Gasteiger partial charge in [0.15, 0.2) is 0 Å². The van der Waals surface area contributed by atoms with Crippen molar-refractivity contribution in [3.05, 3.63) is 35.5 Å². The topological polar surface area (TPSA) is 28.3 Å². The normalized spacial score (nSPS) is 17.1. The number of rotatable bonds is 4. The fourth-order valence-electron chi connectivity index (χ4n) is 2.76. The summed E-state index contributed by atoms with van der Waals surface area (Å²) in [6.07, 6.45) is 2.34. The molecule has 0 spiro atoms. The first-order chi connectivity index (χ1) is 9.31. The second-order valence-electron chi connectivity index (χ2n) is 5.44. The Kier molecular flexibility index (Phi) is 3.85. The highest BCUT2D eigenvalue weighted by Crippen LogP contribution is 2.18.